The predicted molar refractivity (Wildman–Crippen MR) is 87.6 cm³/mol. The lowest BCUT2D eigenvalue weighted by Crippen LogP contribution is -2.17. The molecule has 0 bridgehead atoms. The number of thiophene rings is 1. The standard InChI is InChI=1S/C13H13ClN2O4S2/c1-15(8-9-3-6-13(14)21-9)11-5-4-10(22(2,19)20)7-12(11)16(17)18/h3-7H,8H2,1-2H3. The van der Waals surface area contributed by atoms with Crippen molar-refractivity contribution in [1.82, 2.24) is 0 Å². The lowest BCUT2D eigenvalue weighted by molar-refractivity contribution is -0.384. The maximum atomic E-state index is 11.5. The molecule has 9 heteroatoms. The van der Waals surface area contributed by atoms with Gasteiger partial charge in [0.05, 0.1) is 20.7 Å². The van der Waals surface area contributed by atoms with E-state index in [0.29, 0.717) is 16.6 Å². The minimum Gasteiger partial charge on any atom is -0.364 e. The summed E-state index contributed by atoms with van der Waals surface area (Å²) in [4.78, 5) is 13.2. The second-order valence-electron chi connectivity index (χ2n) is 4.74. The summed E-state index contributed by atoms with van der Waals surface area (Å²) in [6.07, 6.45) is 1.02. The fourth-order valence-corrected chi connectivity index (χ4v) is 3.74. The van der Waals surface area contributed by atoms with Crippen LogP contribution in [0.15, 0.2) is 35.2 Å². The fourth-order valence-electron chi connectivity index (χ4n) is 1.96. The average Bonchev–Trinajstić information content (AvgIpc) is 2.82. The number of sulfone groups is 1. The van der Waals surface area contributed by atoms with Crippen LogP contribution in [-0.2, 0) is 16.4 Å². The van der Waals surface area contributed by atoms with E-state index in [1.165, 1.54) is 23.5 Å². The van der Waals surface area contributed by atoms with Gasteiger partial charge in [0, 0.05) is 24.2 Å². The molecule has 0 amide bonds. The Morgan fingerprint density at radius 2 is 2.00 bits per heavy atom. The van der Waals surface area contributed by atoms with E-state index in [9.17, 15) is 18.5 Å². The van der Waals surface area contributed by atoms with Crippen LogP contribution in [-0.4, -0.2) is 26.6 Å². The maximum Gasteiger partial charge on any atom is 0.293 e. The Balaban J connectivity index is 2.39. The zero-order chi connectivity index (χ0) is 16.5. The molecule has 0 unspecified atom stereocenters. The number of anilines is 1. The molecule has 1 heterocycles. The molecule has 0 saturated heterocycles. The Kier molecular flexibility index (Phi) is 4.74. The summed E-state index contributed by atoms with van der Waals surface area (Å²) in [5.41, 5.74) is 0.106. The highest BCUT2D eigenvalue weighted by atomic mass is 35.5. The minimum atomic E-state index is -3.50. The third kappa shape index (κ3) is 3.76. The van der Waals surface area contributed by atoms with Crippen molar-refractivity contribution in [3.63, 3.8) is 0 Å². The number of hydrogen-bond acceptors (Lipinski definition) is 6. The van der Waals surface area contributed by atoms with Crippen LogP contribution >= 0.6 is 22.9 Å². The highest BCUT2D eigenvalue weighted by Crippen LogP contribution is 2.32. The third-order valence-electron chi connectivity index (χ3n) is 3.00. The van der Waals surface area contributed by atoms with E-state index in [-0.39, 0.29) is 10.6 Å². The largest absolute Gasteiger partial charge is 0.364 e. The highest BCUT2D eigenvalue weighted by Gasteiger charge is 2.21. The molecule has 0 aliphatic rings. The fraction of sp³-hybridized carbons (Fsp3) is 0.231. The van der Waals surface area contributed by atoms with Crippen molar-refractivity contribution in [2.75, 3.05) is 18.2 Å². The molecular formula is C13H13ClN2O4S2. The number of benzene rings is 1. The molecule has 0 fully saturated rings. The van der Waals surface area contributed by atoms with E-state index in [2.05, 4.69) is 0 Å². The van der Waals surface area contributed by atoms with E-state index in [1.54, 1.807) is 18.0 Å². The number of hydrogen-bond donors (Lipinski definition) is 0. The zero-order valence-electron chi connectivity index (χ0n) is 11.8. The van der Waals surface area contributed by atoms with Crippen molar-refractivity contribution >= 4 is 44.1 Å². The summed E-state index contributed by atoms with van der Waals surface area (Å²) in [6, 6.07) is 7.51. The zero-order valence-corrected chi connectivity index (χ0v) is 14.2. The van der Waals surface area contributed by atoms with Crippen molar-refractivity contribution in [1.29, 1.82) is 0 Å². The summed E-state index contributed by atoms with van der Waals surface area (Å²) < 4.78 is 23.7. The molecule has 0 radical (unpaired) electrons. The molecule has 6 nitrogen and oxygen atoms in total. The summed E-state index contributed by atoms with van der Waals surface area (Å²) in [6.45, 7) is 0.441. The molecule has 118 valence electrons. The molecule has 0 aliphatic carbocycles. The molecular weight excluding hydrogens is 348 g/mol. The number of nitro benzene ring substituents is 1. The Bertz CT molecular complexity index is 817. The Morgan fingerprint density at radius 3 is 2.50 bits per heavy atom. The smallest absolute Gasteiger partial charge is 0.293 e. The first kappa shape index (κ1) is 16.7. The quantitative estimate of drug-likeness (QED) is 0.603. The second-order valence-corrected chi connectivity index (χ2v) is 8.56. The van der Waals surface area contributed by atoms with Crippen molar-refractivity contribution < 1.29 is 13.3 Å². The van der Waals surface area contributed by atoms with Gasteiger partial charge in [-0.2, -0.15) is 0 Å². The number of nitrogens with zero attached hydrogens (tertiary/aromatic N) is 2. The van der Waals surface area contributed by atoms with Gasteiger partial charge in [-0.1, -0.05) is 11.6 Å². The lowest BCUT2D eigenvalue weighted by atomic mass is 10.2. The lowest BCUT2D eigenvalue weighted by Gasteiger charge is -2.18. The van der Waals surface area contributed by atoms with Crippen LogP contribution < -0.4 is 4.90 Å². The Hall–Kier alpha value is -1.64. The predicted octanol–water partition coefficient (Wildman–Crippen LogP) is 3.35. The third-order valence-corrected chi connectivity index (χ3v) is 5.33. The summed E-state index contributed by atoms with van der Waals surface area (Å²) >= 11 is 7.26. The van der Waals surface area contributed by atoms with Crippen LogP contribution in [0, 0.1) is 10.1 Å². The Labute approximate surface area is 137 Å². The molecule has 2 rings (SSSR count). The molecule has 0 atom stereocenters. The van der Waals surface area contributed by atoms with Crippen molar-refractivity contribution in [3.05, 3.63) is 49.7 Å². The Morgan fingerprint density at radius 1 is 1.32 bits per heavy atom. The average molecular weight is 361 g/mol. The molecule has 0 aliphatic heterocycles. The molecule has 0 saturated carbocycles. The minimum absolute atomic E-state index is 0.0736. The van der Waals surface area contributed by atoms with Crippen LogP contribution in [0.1, 0.15) is 4.88 Å². The van der Waals surface area contributed by atoms with Gasteiger partial charge < -0.3 is 4.90 Å². The summed E-state index contributed by atoms with van der Waals surface area (Å²) in [5.74, 6) is 0. The van der Waals surface area contributed by atoms with Crippen LogP contribution in [0.3, 0.4) is 0 Å². The summed E-state index contributed by atoms with van der Waals surface area (Å²) in [7, 11) is -1.79. The number of rotatable bonds is 5. The van der Waals surface area contributed by atoms with Gasteiger partial charge in [-0.25, -0.2) is 8.42 Å². The highest BCUT2D eigenvalue weighted by molar-refractivity contribution is 7.90. The number of nitro groups is 1. The van der Waals surface area contributed by atoms with Crippen molar-refractivity contribution in [2.45, 2.75) is 11.4 Å². The molecule has 0 spiro atoms. The maximum absolute atomic E-state index is 11.5. The molecule has 2 aromatic rings. The first-order valence-corrected chi connectivity index (χ1v) is 9.21. The molecule has 0 N–H and O–H groups in total. The van der Waals surface area contributed by atoms with Gasteiger partial charge in [0.15, 0.2) is 9.84 Å². The SMILES string of the molecule is CN(Cc1ccc(Cl)s1)c1ccc(S(C)(=O)=O)cc1[N+](=O)[O-]. The van der Waals surface area contributed by atoms with Gasteiger partial charge in [0.25, 0.3) is 5.69 Å². The van der Waals surface area contributed by atoms with E-state index in [1.807, 2.05) is 6.07 Å². The molecule has 1 aromatic heterocycles. The van der Waals surface area contributed by atoms with E-state index >= 15 is 0 Å². The molecule has 22 heavy (non-hydrogen) atoms. The van der Waals surface area contributed by atoms with Crippen LogP contribution in [0.4, 0.5) is 11.4 Å². The number of halogens is 1. The van der Waals surface area contributed by atoms with Crippen LogP contribution in [0.2, 0.25) is 4.34 Å². The van der Waals surface area contributed by atoms with Gasteiger partial charge in [0.1, 0.15) is 5.69 Å². The van der Waals surface area contributed by atoms with Gasteiger partial charge in [-0.15, -0.1) is 11.3 Å². The van der Waals surface area contributed by atoms with Gasteiger partial charge in [0.2, 0.25) is 0 Å². The monoisotopic (exact) mass is 360 g/mol. The van der Waals surface area contributed by atoms with Crippen molar-refractivity contribution in [3.8, 4) is 0 Å². The van der Waals surface area contributed by atoms with Gasteiger partial charge in [-0.3, -0.25) is 10.1 Å². The molecule has 1 aromatic carbocycles. The first-order valence-electron chi connectivity index (χ1n) is 6.12. The van der Waals surface area contributed by atoms with Crippen molar-refractivity contribution in [2.24, 2.45) is 0 Å². The van der Waals surface area contributed by atoms with E-state index in [0.717, 1.165) is 17.2 Å². The van der Waals surface area contributed by atoms with Crippen LogP contribution in [0.25, 0.3) is 0 Å². The summed E-state index contributed by atoms with van der Waals surface area (Å²) in [5, 5.41) is 11.2. The second kappa shape index (κ2) is 6.23. The van der Waals surface area contributed by atoms with E-state index in [4.69, 9.17) is 11.6 Å². The normalized spacial score (nSPS) is 11.4. The van der Waals surface area contributed by atoms with Gasteiger partial charge >= 0.3 is 0 Å². The van der Waals surface area contributed by atoms with Crippen LogP contribution in [0.5, 0.6) is 0 Å². The van der Waals surface area contributed by atoms with E-state index < -0.39 is 14.8 Å². The first-order chi connectivity index (χ1) is 10.2. The topological polar surface area (TPSA) is 80.5 Å². The van der Waals surface area contributed by atoms with Gasteiger partial charge in [-0.05, 0) is 24.3 Å².